The van der Waals surface area contributed by atoms with Gasteiger partial charge in [0.1, 0.15) is 16.9 Å². The molecule has 0 fully saturated rings. The van der Waals surface area contributed by atoms with Crippen LogP contribution in [0.5, 0.6) is 0 Å². The summed E-state index contributed by atoms with van der Waals surface area (Å²) in [6.45, 7) is 0.424. The fourth-order valence-electron chi connectivity index (χ4n) is 10.2. The molecule has 0 amide bonds. The van der Waals surface area contributed by atoms with Crippen LogP contribution in [-0.4, -0.2) is 50.5 Å². The lowest BCUT2D eigenvalue weighted by Crippen LogP contribution is -2.05. The van der Waals surface area contributed by atoms with Crippen molar-refractivity contribution in [2.24, 2.45) is 0 Å². The van der Waals surface area contributed by atoms with Crippen LogP contribution in [0.1, 0.15) is 39.5 Å². The van der Waals surface area contributed by atoms with E-state index in [4.69, 9.17) is 40.6 Å². The van der Waals surface area contributed by atoms with E-state index in [9.17, 15) is 0 Å². The van der Waals surface area contributed by atoms with Crippen LogP contribution in [0.15, 0.2) is 210 Å². The Hall–Kier alpha value is -10.5. The van der Waals surface area contributed by atoms with Crippen molar-refractivity contribution in [2.75, 3.05) is 16.0 Å². The molecule has 0 bridgehead atoms. The second-order valence-electron chi connectivity index (χ2n) is 19.4. The molecule has 14 rings (SSSR count). The second kappa shape index (κ2) is 20.8. The van der Waals surface area contributed by atoms with Crippen molar-refractivity contribution in [2.45, 2.75) is 25.8 Å². The minimum absolute atomic E-state index is 0.277. The number of halogens is 1. The molecular formula is C64H44ClN13O2. The van der Waals surface area contributed by atoms with Gasteiger partial charge in [-0.25, -0.2) is 0 Å². The largest absolute Gasteiger partial charge is 0.459 e. The molecule has 384 valence electrons. The highest BCUT2D eigenvalue weighted by Crippen LogP contribution is 2.36. The summed E-state index contributed by atoms with van der Waals surface area (Å²) in [4.78, 5) is 18.0. The molecule has 8 heterocycles. The number of anilines is 5. The Bertz CT molecular complexity index is 4610. The van der Waals surface area contributed by atoms with Gasteiger partial charge in [-0.1, -0.05) is 90.5 Å². The van der Waals surface area contributed by atoms with Crippen LogP contribution < -0.4 is 16.0 Å². The highest BCUT2D eigenvalue weighted by atomic mass is 35.5. The molecule has 16 heteroatoms. The van der Waals surface area contributed by atoms with Crippen LogP contribution in [0.25, 0.3) is 76.8 Å². The molecule has 0 aliphatic carbocycles. The summed E-state index contributed by atoms with van der Waals surface area (Å²) >= 11 is 6.13. The third kappa shape index (κ3) is 9.80. The van der Waals surface area contributed by atoms with Crippen LogP contribution in [0, 0.1) is 0 Å². The van der Waals surface area contributed by atoms with Gasteiger partial charge in [0, 0.05) is 104 Å². The number of oxazole rings is 1. The van der Waals surface area contributed by atoms with E-state index in [-0.39, 0.29) is 6.01 Å². The zero-order valence-electron chi connectivity index (χ0n) is 42.5. The first kappa shape index (κ1) is 47.9. The van der Waals surface area contributed by atoms with Gasteiger partial charge in [-0.15, -0.1) is 15.3 Å². The number of fused-ring (bicyclic) bond motifs is 5. The van der Waals surface area contributed by atoms with Gasteiger partial charge in [0.25, 0.3) is 0 Å². The number of nitrogens with one attached hydrogen (secondary N) is 3. The Labute approximate surface area is 461 Å². The average molecular weight is 1060 g/mol. The van der Waals surface area contributed by atoms with E-state index < -0.39 is 0 Å². The minimum Gasteiger partial charge on any atom is -0.459 e. The average Bonchev–Trinajstić information content (AvgIpc) is 4.13. The standard InChI is InChI=1S/C64H44ClN13O2/c65-45-13-15-46(16-14-45)70-62-52-8-4-2-6-49(52)58(75-77-62)32-40-23-28-68-55(31-40)43-12-18-54-60(36-43)80-64(71-54)72-63-53-34-41(11-17-50(53)57(74-78-63)30-39-21-26-67-27-22-39)42-9-10-44-33-47(79-59(44)35-42)37-69-61-51-7-3-1-5-48(51)56(73-76-61)29-38-19-24-66-25-20-38/h1-28,31,33-36H,29-30,32,37H2,(H,69,76)(H,70,77)(H,71,72,78). The topological polar surface area (TPSA) is 191 Å². The first-order valence-electron chi connectivity index (χ1n) is 25.9. The zero-order valence-corrected chi connectivity index (χ0v) is 43.3. The van der Waals surface area contributed by atoms with Crippen molar-refractivity contribution in [3.05, 3.63) is 245 Å². The van der Waals surface area contributed by atoms with Gasteiger partial charge >= 0.3 is 6.01 Å². The van der Waals surface area contributed by atoms with Gasteiger partial charge in [0.2, 0.25) is 0 Å². The van der Waals surface area contributed by atoms with E-state index in [1.165, 1.54) is 0 Å². The summed E-state index contributed by atoms with van der Waals surface area (Å²) in [5, 5.41) is 45.8. The van der Waals surface area contributed by atoms with Gasteiger partial charge in [0.05, 0.1) is 29.3 Å². The number of furan rings is 1. The number of rotatable bonds is 15. The van der Waals surface area contributed by atoms with E-state index in [0.29, 0.717) is 59.4 Å². The van der Waals surface area contributed by atoms with Crippen LogP contribution in [0.2, 0.25) is 5.02 Å². The third-order valence-corrected chi connectivity index (χ3v) is 14.4. The monoisotopic (exact) mass is 1060 g/mol. The van der Waals surface area contributed by atoms with Crippen LogP contribution in [-0.2, 0) is 25.8 Å². The van der Waals surface area contributed by atoms with Crippen LogP contribution >= 0.6 is 11.6 Å². The summed E-state index contributed by atoms with van der Waals surface area (Å²) in [5.41, 5.74) is 12.3. The van der Waals surface area contributed by atoms with Crippen molar-refractivity contribution >= 4 is 95.1 Å². The van der Waals surface area contributed by atoms with Crippen molar-refractivity contribution in [1.82, 2.24) is 50.5 Å². The molecular weight excluding hydrogens is 1020 g/mol. The molecule has 0 saturated heterocycles. The summed E-state index contributed by atoms with van der Waals surface area (Å²) < 4.78 is 12.9. The van der Waals surface area contributed by atoms with Crippen LogP contribution in [0.4, 0.5) is 29.2 Å². The molecule has 0 aliphatic heterocycles. The number of benzene rings is 6. The molecule has 0 aliphatic rings. The van der Waals surface area contributed by atoms with E-state index in [1.807, 2.05) is 109 Å². The first-order valence-corrected chi connectivity index (χ1v) is 26.3. The minimum atomic E-state index is 0.277. The van der Waals surface area contributed by atoms with E-state index in [2.05, 4.69) is 113 Å². The van der Waals surface area contributed by atoms with E-state index in [0.717, 1.165) is 111 Å². The lowest BCUT2D eigenvalue weighted by atomic mass is 9.99. The summed E-state index contributed by atoms with van der Waals surface area (Å²) in [5.74, 6) is 2.63. The highest BCUT2D eigenvalue weighted by Gasteiger charge is 2.18. The molecule has 0 atom stereocenters. The molecule has 6 aromatic carbocycles. The van der Waals surface area contributed by atoms with Crippen molar-refractivity contribution < 1.29 is 8.83 Å². The lowest BCUT2D eigenvalue weighted by Gasteiger charge is -2.12. The predicted octanol–water partition coefficient (Wildman–Crippen LogP) is 14.4. The number of hydrogen-bond acceptors (Lipinski definition) is 15. The van der Waals surface area contributed by atoms with Gasteiger partial charge < -0.3 is 19.5 Å². The van der Waals surface area contributed by atoms with Gasteiger partial charge in [-0.3, -0.25) is 20.3 Å². The van der Waals surface area contributed by atoms with Gasteiger partial charge in [-0.2, -0.15) is 20.3 Å². The first-order chi connectivity index (χ1) is 39.5. The number of nitrogens with zero attached hydrogens (tertiary/aromatic N) is 10. The summed E-state index contributed by atoms with van der Waals surface area (Å²) in [6, 6.07) is 56.7. The number of aromatic nitrogens is 10. The maximum absolute atomic E-state index is 6.48. The fraction of sp³-hybridized carbons (Fsp3) is 0.0625. The Kier molecular flexibility index (Phi) is 12.5. The Morgan fingerprint density at radius 2 is 1.00 bits per heavy atom. The number of pyridine rings is 3. The summed E-state index contributed by atoms with van der Waals surface area (Å²) in [6.07, 6.45) is 10.8. The Morgan fingerprint density at radius 3 is 1.71 bits per heavy atom. The van der Waals surface area contributed by atoms with Gasteiger partial charge in [-0.05, 0) is 119 Å². The fourth-order valence-corrected chi connectivity index (χ4v) is 10.3. The van der Waals surface area contributed by atoms with Crippen molar-refractivity contribution in [3.63, 3.8) is 0 Å². The maximum atomic E-state index is 6.48. The van der Waals surface area contributed by atoms with Crippen molar-refractivity contribution in [3.8, 4) is 22.4 Å². The smallest absolute Gasteiger partial charge is 0.301 e. The molecule has 0 radical (unpaired) electrons. The van der Waals surface area contributed by atoms with E-state index in [1.54, 1.807) is 24.8 Å². The Balaban J connectivity index is 0.723. The molecule has 0 saturated carbocycles. The molecule has 8 aromatic heterocycles. The van der Waals surface area contributed by atoms with Crippen LogP contribution in [0.3, 0.4) is 0 Å². The molecule has 80 heavy (non-hydrogen) atoms. The zero-order chi connectivity index (χ0) is 53.4. The molecule has 3 N–H and O–H groups in total. The Morgan fingerprint density at radius 1 is 0.425 bits per heavy atom. The lowest BCUT2D eigenvalue weighted by molar-refractivity contribution is 0.559. The van der Waals surface area contributed by atoms with E-state index >= 15 is 0 Å². The predicted molar refractivity (Wildman–Crippen MR) is 313 cm³/mol. The van der Waals surface area contributed by atoms with Crippen molar-refractivity contribution in [1.29, 1.82) is 0 Å². The van der Waals surface area contributed by atoms with Gasteiger partial charge in [0.15, 0.2) is 23.0 Å². The molecule has 0 unspecified atom stereocenters. The molecule has 0 spiro atoms. The maximum Gasteiger partial charge on any atom is 0.301 e. The number of hydrogen-bond donors (Lipinski definition) is 3. The quantitative estimate of drug-likeness (QED) is 0.0878. The third-order valence-electron chi connectivity index (χ3n) is 14.2. The molecule has 15 nitrogen and oxygen atoms in total. The normalized spacial score (nSPS) is 11.5. The molecule has 14 aromatic rings. The highest BCUT2D eigenvalue weighted by molar-refractivity contribution is 6.30. The SMILES string of the molecule is Clc1ccc(Nc2nnc(Cc3ccnc(-c4ccc5nc(Nc6nnc(Cc7ccncc7)c7ccc(-c8ccc9cc(CNc%10nnc(Cc%11ccncc%11)c%11ccccc%10%11)oc9c8)cc67)oc5c4)c3)c3ccccc23)cc1. The second-order valence-corrected chi connectivity index (χ2v) is 19.8. The summed E-state index contributed by atoms with van der Waals surface area (Å²) in [7, 11) is 0.